The molecular formula is C68H120O6. The topological polar surface area (TPSA) is 78.9 Å². The molecule has 0 aliphatic heterocycles. The molecule has 0 aliphatic carbocycles. The number of allylic oxidation sites excluding steroid dienone is 12. The Balaban J connectivity index is 4.33. The molecule has 0 heterocycles. The van der Waals surface area contributed by atoms with Crippen LogP contribution < -0.4 is 0 Å². The molecule has 0 fully saturated rings. The lowest BCUT2D eigenvalue weighted by Crippen LogP contribution is -2.30. The van der Waals surface area contributed by atoms with Crippen LogP contribution in [0.3, 0.4) is 0 Å². The maximum atomic E-state index is 12.9. The first-order chi connectivity index (χ1) is 36.5. The lowest BCUT2D eigenvalue weighted by molar-refractivity contribution is -0.167. The number of carbonyl (C=O) groups excluding carboxylic acids is 3. The van der Waals surface area contributed by atoms with Gasteiger partial charge in [0.05, 0.1) is 0 Å². The Hall–Kier alpha value is -3.15. The summed E-state index contributed by atoms with van der Waals surface area (Å²) in [7, 11) is 0. The van der Waals surface area contributed by atoms with Gasteiger partial charge in [0.15, 0.2) is 6.10 Å². The number of carbonyl (C=O) groups is 3. The van der Waals surface area contributed by atoms with Crippen molar-refractivity contribution in [3.05, 3.63) is 72.9 Å². The monoisotopic (exact) mass is 1030 g/mol. The van der Waals surface area contributed by atoms with Gasteiger partial charge in [-0.1, -0.05) is 261 Å². The van der Waals surface area contributed by atoms with Crippen molar-refractivity contribution >= 4 is 17.9 Å². The van der Waals surface area contributed by atoms with Crippen LogP contribution in [-0.2, 0) is 28.6 Å². The Bertz CT molecular complexity index is 1370. The summed E-state index contributed by atoms with van der Waals surface area (Å²) in [4.78, 5) is 38.3. The fourth-order valence-electron chi connectivity index (χ4n) is 9.06. The van der Waals surface area contributed by atoms with E-state index in [0.717, 1.165) is 89.9 Å². The Morgan fingerprint density at radius 3 is 0.797 bits per heavy atom. The Kier molecular flexibility index (Phi) is 59.7. The SMILES string of the molecule is CCCCC/C=C\CCCCCCCC(=O)OCC(COC(=O)CCCCCCCCCC/C=C\C/C=C\C/C=C\CCCCCCC)OC(=O)CCCCCCCCCCC/C=C\C/C=C\CCCCCCC. The maximum Gasteiger partial charge on any atom is 0.306 e. The van der Waals surface area contributed by atoms with Gasteiger partial charge in [0.2, 0.25) is 0 Å². The normalized spacial score (nSPS) is 12.5. The average molecular weight is 1030 g/mol. The molecule has 0 aromatic rings. The smallest absolute Gasteiger partial charge is 0.306 e. The van der Waals surface area contributed by atoms with Crippen molar-refractivity contribution in [1.82, 2.24) is 0 Å². The molecular weight excluding hydrogens is 913 g/mol. The Labute approximate surface area is 459 Å². The van der Waals surface area contributed by atoms with Crippen LogP contribution >= 0.6 is 0 Å². The van der Waals surface area contributed by atoms with E-state index >= 15 is 0 Å². The van der Waals surface area contributed by atoms with Crippen molar-refractivity contribution in [2.75, 3.05) is 13.2 Å². The predicted octanol–water partition coefficient (Wildman–Crippen LogP) is 21.7. The largest absolute Gasteiger partial charge is 0.462 e. The van der Waals surface area contributed by atoms with E-state index in [9.17, 15) is 14.4 Å². The average Bonchev–Trinajstić information content (AvgIpc) is 3.40. The summed E-state index contributed by atoms with van der Waals surface area (Å²) in [5.41, 5.74) is 0. The van der Waals surface area contributed by atoms with Gasteiger partial charge in [-0.3, -0.25) is 14.4 Å². The van der Waals surface area contributed by atoms with Crippen molar-refractivity contribution < 1.29 is 28.6 Å². The van der Waals surface area contributed by atoms with Gasteiger partial charge in [0.1, 0.15) is 13.2 Å². The van der Waals surface area contributed by atoms with Gasteiger partial charge in [-0.2, -0.15) is 0 Å². The number of hydrogen-bond donors (Lipinski definition) is 0. The molecule has 0 rings (SSSR count). The first kappa shape index (κ1) is 70.8. The van der Waals surface area contributed by atoms with Gasteiger partial charge in [-0.05, 0) is 116 Å². The summed E-state index contributed by atoms with van der Waals surface area (Å²) >= 11 is 0. The molecule has 0 spiro atoms. The van der Waals surface area contributed by atoms with Crippen molar-refractivity contribution in [3.63, 3.8) is 0 Å². The van der Waals surface area contributed by atoms with Gasteiger partial charge >= 0.3 is 17.9 Å². The van der Waals surface area contributed by atoms with Crippen LogP contribution in [0, 0.1) is 0 Å². The van der Waals surface area contributed by atoms with E-state index in [0.29, 0.717) is 19.3 Å². The van der Waals surface area contributed by atoms with E-state index < -0.39 is 6.10 Å². The second-order valence-electron chi connectivity index (χ2n) is 21.3. The molecule has 428 valence electrons. The predicted molar refractivity (Wildman–Crippen MR) is 321 cm³/mol. The van der Waals surface area contributed by atoms with Crippen LogP contribution in [0.25, 0.3) is 0 Å². The van der Waals surface area contributed by atoms with E-state index in [4.69, 9.17) is 14.2 Å². The zero-order valence-electron chi connectivity index (χ0n) is 49.1. The fourth-order valence-corrected chi connectivity index (χ4v) is 9.06. The molecule has 0 aromatic heterocycles. The minimum absolute atomic E-state index is 0.0827. The molecule has 0 radical (unpaired) electrons. The highest BCUT2D eigenvalue weighted by Crippen LogP contribution is 2.16. The zero-order chi connectivity index (χ0) is 53.6. The van der Waals surface area contributed by atoms with E-state index in [1.807, 2.05) is 0 Å². The molecule has 74 heavy (non-hydrogen) atoms. The highest BCUT2D eigenvalue weighted by atomic mass is 16.6. The third-order valence-corrected chi connectivity index (χ3v) is 13.9. The highest BCUT2D eigenvalue weighted by Gasteiger charge is 2.19. The van der Waals surface area contributed by atoms with E-state index in [1.54, 1.807) is 0 Å². The van der Waals surface area contributed by atoms with Crippen LogP contribution in [0.5, 0.6) is 0 Å². The standard InChI is InChI=1S/C68H120O6/c1-4-7-10-13-16-19-22-25-27-29-31-33-34-36-37-39-41-43-46-49-52-55-58-61-67(70)73-64-65(63-72-66(69)60-57-54-51-48-45-24-21-18-15-12-9-6-3)74-68(71)62-59-56-53-50-47-44-42-40-38-35-32-30-28-26-23-20-17-14-11-8-5-2/h18,21-23,25-26,29-32,34,36,65H,4-17,19-20,24,27-28,33,35,37-64H2,1-3H3/b21-18-,25-22-,26-23-,31-29-,32-30-,36-34-. The quantitative estimate of drug-likeness (QED) is 0.0261. The number of esters is 3. The van der Waals surface area contributed by atoms with Crippen LogP contribution in [0.1, 0.15) is 323 Å². The minimum atomic E-state index is -0.785. The van der Waals surface area contributed by atoms with Crippen molar-refractivity contribution in [3.8, 4) is 0 Å². The molecule has 1 atom stereocenters. The third kappa shape index (κ3) is 59.7. The number of rotatable bonds is 58. The van der Waals surface area contributed by atoms with Crippen LogP contribution in [-0.4, -0.2) is 37.2 Å². The van der Waals surface area contributed by atoms with Crippen LogP contribution in [0.15, 0.2) is 72.9 Å². The van der Waals surface area contributed by atoms with E-state index in [2.05, 4.69) is 93.7 Å². The zero-order valence-corrected chi connectivity index (χ0v) is 49.1. The van der Waals surface area contributed by atoms with Crippen molar-refractivity contribution in [2.24, 2.45) is 0 Å². The van der Waals surface area contributed by atoms with Crippen molar-refractivity contribution in [2.45, 2.75) is 329 Å². The first-order valence-electron chi connectivity index (χ1n) is 31.9. The van der Waals surface area contributed by atoms with Crippen LogP contribution in [0.2, 0.25) is 0 Å². The minimum Gasteiger partial charge on any atom is -0.462 e. The van der Waals surface area contributed by atoms with Gasteiger partial charge in [-0.15, -0.1) is 0 Å². The van der Waals surface area contributed by atoms with E-state index in [-0.39, 0.29) is 31.1 Å². The number of unbranched alkanes of at least 4 members (excludes halogenated alkanes) is 35. The Morgan fingerprint density at radius 2 is 0.486 bits per heavy atom. The van der Waals surface area contributed by atoms with Crippen LogP contribution in [0.4, 0.5) is 0 Å². The third-order valence-electron chi connectivity index (χ3n) is 13.9. The van der Waals surface area contributed by atoms with Gasteiger partial charge in [0.25, 0.3) is 0 Å². The molecule has 6 heteroatoms. The molecule has 0 amide bonds. The summed E-state index contributed by atoms with van der Waals surface area (Å²) in [5.74, 6) is -0.890. The second-order valence-corrected chi connectivity index (χ2v) is 21.3. The molecule has 6 nitrogen and oxygen atoms in total. The number of hydrogen-bond acceptors (Lipinski definition) is 6. The summed E-state index contributed by atoms with van der Waals surface area (Å²) in [6, 6.07) is 0. The summed E-state index contributed by atoms with van der Waals surface area (Å²) in [6.07, 6.45) is 80.4. The second kappa shape index (κ2) is 62.4. The molecule has 0 saturated heterocycles. The highest BCUT2D eigenvalue weighted by molar-refractivity contribution is 5.71. The summed E-state index contributed by atoms with van der Waals surface area (Å²) < 4.78 is 16.9. The molecule has 0 aromatic carbocycles. The summed E-state index contributed by atoms with van der Waals surface area (Å²) in [6.45, 7) is 6.61. The fraction of sp³-hybridized carbons (Fsp3) is 0.779. The maximum absolute atomic E-state index is 12.9. The van der Waals surface area contributed by atoms with Gasteiger partial charge in [0, 0.05) is 19.3 Å². The van der Waals surface area contributed by atoms with Gasteiger partial charge in [-0.25, -0.2) is 0 Å². The van der Waals surface area contributed by atoms with Gasteiger partial charge < -0.3 is 14.2 Å². The Morgan fingerprint density at radius 1 is 0.270 bits per heavy atom. The van der Waals surface area contributed by atoms with E-state index in [1.165, 1.54) is 193 Å². The first-order valence-corrected chi connectivity index (χ1v) is 31.9. The lowest BCUT2D eigenvalue weighted by atomic mass is 10.1. The lowest BCUT2D eigenvalue weighted by Gasteiger charge is -2.18. The summed E-state index contributed by atoms with van der Waals surface area (Å²) in [5, 5.41) is 0. The molecule has 1 unspecified atom stereocenters. The van der Waals surface area contributed by atoms with Crippen molar-refractivity contribution in [1.29, 1.82) is 0 Å². The number of ether oxygens (including phenoxy) is 3. The molecule has 0 aliphatic rings. The molecule has 0 bridgehead atoms. The molecule has 0 saturated carbocycles. The molecule has 0 N–H and O–H groups in total.